The maximum Gasteiger partial charge on any atom is 0.414 e. The first-order valence-corrected chi connectivity index (χ1v) is 20.3. The van der Waals surface area contributed by atoms with E-state index in [4.69, 9.17) is 14.2 Å². The molecule has 7 rings (SSSR count). The quantitative estimate of drug-likeness (QED) is 0.323. The van der Waals surface area contributed by atoms with Crippen molar-refractivity contribution in [1.29, 1.82) is 0 Å². The number of anilines is 2. The summed E-state index contributed by atoms with van der Waals surface area (Å²) < 4.78 is 17.9. The Kier molecular flexibility index (Phi) is 8.79. The number of hydrogen-bond acceptors (Lipinski definition) is 7. The molecule has 3 aromatic carbocycles. The molecule has 3 fully saturated rings. The molecule has 1 N–H and O–H groups in total. The smallest absolute Gasteiger partial charge is 0.414 e. The molecule has 0 bridgehead atoms. The number of aliphatic hydroxyl groups is 1. The highest BCUT2D eigenvalue weighted by Gasteiger charge is 2.66. The predicted octanol–water partition coefficient (Wildman–Crippen LogP) is 4.79. The van der Waals surface area contributed by atoms with Crippen LogP contribution in [0, 0.1) is 5.92 Å². The van der Waals surface area contributed by atoms with Crippen LogP contribution in [0.4, 0.5) is 16.2 Å². The maximum atomic E-state index is 15.1. The molecule has 0 saturated carbocycles. The number of methoxy groups -OCH3 is 1. The van der Waals surface area contributed by atoms with Gasteiger partial charge in [-0.2, -0.15) is 0 Å². The van der Waals surface area contributed by atoms with E-state index < -0.39 is 25.9 Å². The summed E-state index contributed by atoms with van der Waals surface area (Å²) in [6.45, 7) is 8.29. The minimum absolute atomic E-state index is 0.0595. The van der Waals surface area contributed by atoms with E-state index >= 15 is 4.79 Å². The number of fused-ring (bicyclic) bond motifs is 2. The van der Waals surface area contributed by atoms with Crippen LogP contribution in [0.3, 0.4) is 0 Å². The molecule has 5 atom stereocenters. The molecule has 0 aromatic heterocycles. The fourth-order valence-electron chi connectivity index (χ4n) is 8.86. The molecule has 0 unspecified atom stereocenters. The maximum absolute atomic E-state index is 15.1. The summed E-state index contributed by atoms with van der Waals surface area (Å²) in [4.78, 5) is 47.1. The zero-order valence-corrected chi connectivity index (χ0v) is 29.6. The van der Waals surface area contributed by atoms with Crippen LogP contribution in [0.15, 0.2) is 72.8 Å². The number of carbonyl (C=O) groups excluding carboxylic acids is 3. The molecule has 0 radical (unpaired) electrons. The number of carbonyl (C=O) groups is 3. The summed E-state index contributed by atoms with van der Waals surface area (Å²) in [5.74, 6) is 0.236. The molecule has 0 aliphatic carbocycles. The van der Waals surface area contributed by atoms with Crippen molar-refractivity contribution < 1.29 is 33.7 Å². The van der Waals surface area contributed by atoms with Crippen LogP contribution in [-0.4, -0.2) is 81.5 Å². The number of hydrogen-bond donors (Lipinski definition) is 1. The number of aliphatic hydroxyl groups excluding tert-OH is 1. The molecule has 4 aliphatic rings. The Morgan fingerprint density at radius 3 is 2.47 bits per heavy atom. The van der Waals surface area contributed by atoms with Crippen LogP contribution in [0.5, 0.6) is 5.75 Å². The fourth-order valence-corrected chi connectivity index (χ4v) is 12.9. The molecule has 11 heteroatoms. The lowest BCUT2D eigenvalue weighted by molar-refractivity contribution is -0.150. The zero-order valence-electron chi connectivity index (χ0n) is 28.6. The predicted molar refractivity (Wildman–Crippen MR) is 189 cm³/mol. The summed E-state index contributed by atoms with van der Waals surface area (Å²) in [5, 5.41) is 11.2. The average molecular weight is 684 g/mol. The van der Waals surface area contributed by atoms with Crippen LogP contribution in [0.2, 0.25) is 18.6 Å². The van der Waals surface area contributed by atoms with E-state index in [-0.39, 0.29) is 42.3 Å². The summed E-state index contributed by atoms with van der Waals surface area (Å²) >= 11 is 0. The molecule has 3 aromatic rings. The van der Waals surface area contributed by atoms with Gasteiger partial charge < -0.3 is 29.1 Å². The number of likely N-dealkylation sites (tertiary alicyclic amines) is 1. The normalized spacial score (nSPS) is 26.5. The monoisotopic (exact) mass is 683 g/mol. The summed E-state index contributed by atoms with van der Waals surface area (Å²) in [7, 11) is -0.839. The molecule has 4 heterocycles. The summed E-state index contributed by atoms with van der Waals surface area (Å²) in [6.07, 6.45) is 0.754. The van der Waals surface area contributed by atoms with Gasteiger partial charge in [-0.05, 0) is 54.3 Å². The van der Waals surface area contributed by atoms with Crippen LogP contribution in [0.1, 0.15) is 37.3 Å². The molecular weight excluding hydrogens is 639 g/mol. The lowest BCUT2D eigenvalue weighted by Crippen LogP contribution is -2.52. The molecule has 10 nitrogen and oxygen atoms in total. The largest absolute Gasteiger partial charge is 0.497 e. The van der Waals surface area contributed by atoms with Gasteiger partial charge in [-0.25, -0.2) is 4.79 Å². The van der Waals surface area contributed by atoms with Crippen LogP contribution < -0.4 is 19.7 Å². The number of ether oxygens (including phenoxy) is 3. The second-order valence-corrected chi connectivity index (χ2v) is 19.0. The lowest BCUT2D eigenvalue weighted by Gasteiger charge is -2.37. The second-order valence-electron chi connectivity index (χ2n) is 14.3. The molecule has 1 spiro atoms. The van der Waals surface area contributed by atoms with E-state index in [2.05, 4.69) is 32.2 Å². The van der Waals surface area contributed by atoms with E-state index in [0.717, 1.165) is 29.8 Å². The Hall–Kier alpha value is -4.19. The minimum atomic E-state index is -2.49. The SMILES string of the molecule is COc1ccc([Si](C)(C)[C@H]2[C@H](CC(=O)N3CCC[C@H]3CO)O[C@@]3(C(=O)N(Cc4ccccc4)c4ccc(N5CCOC5=O)cc43)[C@@H]2C)cc1. The van der Waals surface area contributed by atoms with Gasteiger partial charge in [-0.15, -0.1) is 0 Å². The second kappa shape index (κ2) is 12.9. The van der Waals surface area contributed by atoms with E-state index in [9.17, 15) is 14.7 Å². The molecule has 3 amide bonds. The molecule has 258 valence electrons. The molecule has 4 aliphatic heterocycles. The van der Waals surface area contributed by atoms with Crippen molar-refractivity contribution in [1.82, 2.24) is 4.90 Å². The van der Waals surface area contributed by atoms with Crippen molar-refractivity contribution in [2.45, 2.75) is 69.1 Å². The van der Waals surface area contributed by atoms with Gasteiger partial charge in [0, 0.05) is 23.7 Å². The van der Waals surface area contributed by atoms with Crippen LogP contribution in [0.25, 0.3) is 0 Å². The highest BCUT2D eigenvalue weighted by atomic mass is 28.3. The van der Waals surface area contributed by atoms with Gasteiger partial charge in [0.05, 0.1) is 59.1 Å². The van der Waals surface area contributed by atoms with Crippen molar-refractivity contribution in [2.75, 3.05) is 43.2 Å². The van der Waals surface area contributed by atoms with Crippen molar-refractivity contribution in [3.8, 4) is 5.75 Å². The van der Waals surface area contributed by atoms with Gasteiger partial charge >= 0.3 is 6.09 Å². The lowest BCUT2D eigenvalue weighted by atomic mass is 9.82. The number of benzene rings is 3. The third-order valence-electron chi connectivity index (χ3n) is 11.4. The van der Waals surface area contributed by atoms with Gasteiger partial charge in [-0.3, -0.25) is 14.5 Å². The first-order chi connectivity index (χ1) is 23.6. The van der Waals surface area contributed by atoms with Gasteiger partial charge in [0.15, 0.2) is 5.60 Å². The Morgan fingerprint density at radius 2 is 1.80 bits per heavy atom. The minimum Gasteiger partial charge on any atom is -0.497 e. The van der Waals surface area contributed by atoms with E-state index in [1.807, 2.05) is 60.7 Å². The molecule has 49 heavy (non-hydrogen) atoms. The Labute approximate surface area is 288 Å². The summed E-state index contributed by atoms with van der Waals surface area (Å²) in [6, 6.07) is 23.5. The Morgan fingerprint density at radius 1 is 1.04 bits per heavy atom. The highest BCUT2D eigenvalue weighted by Crippen LogP contribution is 2.60. The Balaban J connectivity index is 1.35. The van der Waals surface area contributed by atoms with E-state index in [0.29, 0.717) is 37.5 Å². The topological polar surface area (TPSA) is 109 Å². The van der Waals surface area contributed by atoms with Crippen molar-refractivity contribution in [3.63, 3.8) is 0 Å². The number of cyclic esters (lactones) is 1. The molecular formula is C38H45N3O7Si. The molecule has 3 saturated heterocycles. The van der Waals surface area contributed by atoms with E-state index in [1.54, 1.807) is 21.8 Å². The van der Waals surface area contributed by atoms with Crippen LogP contribution >= 0.6 is 0 Å². The van der Waals surface area contributed by atoms with Gasteiger partial charge in [0.2, 0.25) is 5.91 Å². The van der Waals surface area contributed by atoms with Gasteiger partial charge in [0.1, 0.15) is 12.4 Å². The summed E-state index contributed by atoms with van der Waals surface area (Å²) in [5.41, 5.74) is 1.58. The van der Waals surface area contributed by atoms with Gasteiger partial charge in [-0.1, -0.05) is 67.7 Å². The van der Waals surface area contributed by atoms with Gasteiger partial charge in [0.25, 0.3) is 5.91 Å². The van der Waals surface area contributed by atoms with Crippen LogP contribution in [-0.2, 0) is 31.2 Å². The zero-order chi connectivity index (χ0) is 34.5. The third kappa shape index (κ3) is 5.52. The number of nitrogens with zero attached hydrogens (tertiary/aromatic N) is 3. The standard InChI is InChI=1S/C38H45N3O7Si/c1-25-35(49(3,4)30-15-13-29(46-2)14-16-30)33(22-34(43)39-18-8-11-28(39)24-42)48-38(25)31-21-27(40-19-20-47-37(40)45)12-17-32(31)41(36(38)44)23-26-9-6-5-7-10-26/h5-7,9-10,12-17,21,25,28,33,35,42H,8,11,18-20,22-24H2,1-4H3/t25-,28+,33+,35-,38+/m1/s1. The first kappa shape index (κ1) is 33.3. The number of rotatable bonds is 9. The first-order valence-electron chi connectivity index (χ1n) is 17.3. The van der Waals surface area contributed by atoms with E-state index in [1.165, 1.54) is 5.19 Å². The van der Waals surface area contributed by atoms with Crippen molar-refractivity contribution >= 4 is 42.5 Å². The average Bonchev–Trinajstić information content (AvgIpc) is 3.88. The third-order valence-corrected chi connectivity index (χ3v) is 15.7. The highest BCUT2D eigenvalue weighted by molar-refractivity contribution is 6.91. The number of amides is 3. The fraction of sp³-hybridized carbons (Fsp3) is 0.447. The Bertz CT molecular complexity index is 1730. The van der Waals surface area contributed by atoms with Crippen molar-refractivity contribution in [2.24, 2.45) is 5.92 Å². The van der Waals surface area contributed by atoms with Crippen molar-refractivity contribution in [3.05, 3.63) is 83.9 Å².